The van der Waals surface area contributed by atoms with Crippen LogP contribution in [0.3, 0.4) is 0 Å². The molecule has 1 heterocycles. The minimum Gasteiger partial charge on any atom is -0.383 e. The van der Waals surface area contributed by atoms with Gasteiger partial charge < -0.3 is 26.4 Å². The number of carbonyl (C=O) groups excluding carboxylic acids is 2. The van der Waals surface area contributed by atoms with Gasteiger partial charge in [0, 0.05) is 35.6 Å². The van der Waals surface area contributed by atoms with E-state index < -0.39 is 5.91 Å². The number of amidine groups is 1. The molecule has 168 valence electrons. The number of morpholine rings is 1. The van der Waals surface area contributed by atoms with Crippen molar-refractivity contribution in [2.75, 3.05) is 36.5 Å². The second-order valence-corrected chi connectivity index (χ2v) is 7.56. The van der Waals surface area contributed by atoms with Crippen LogP contribution in [0.15, 0.2) is 77.8 Å². The van der Waals surface area contributed by atoms with Crippen molar-refractivity contribution in [3.63, 3.8) is 0 Å². The van der Waals surface area contributed by atoms with E-state index in [9.17, 15) is 9.59 Å². The first-order valence-electron chi connectivity index (χ1n) is 10.6. The molecule has 0 aliphatic carbocycles. The van der Waals surface area contributed by atoms with Crippen LogP contribution in [0, 0.1) is 0 Å². The average Bonchev–Trinajstić information content (AvgIpc) is 2.85. The molecule has 2 amide bonds. The van der Waals surface area contributed by atoms with Crippen molar-refractivity contribution >= 4 is 34.7 Å². The van der Waals surface area contributed by atoms with Crippen LogP contribution in [-0.4, -0.2) is 44.0 Å². The van der Waals surface area contributed by atoms with Gasteiger partial charge >= 0.3 is 0 Å². The Morgan fingerprint density at radius 1 is 0.879 bits per heavy atom. The number of hydrogen-bond acceptors (Lipinski definition) is 5. The number of nitrogens with two attached hydrogens (primary N) is 2. The van der Waals surface area contributed by atoms with Gasteiger partial charge in [0.15, 0.2) is 0 Å². The fourth-order valence-electron chi connectivity index (χ4n) is 3.62. The van der Waals surface area contributed by atoms with E-state index in [1.807, 2.05) is 12.1 Å². The fraction of sp³-hybridized carbons (Fsp3) is 0.160. The Kier molecular flexibility index (Phi) is 6.66. The number of aliphatic imine (C=N–C) groups is 1. The third kappa shape index (κ3) is 5.36. The molecular formula is C25H25N5O3. The number of anilines is 2. The maximum atomic E-state index is 12.7. The van der Waals surface area contributed by atoms with Gasteiger partial charge in [0.1, 0.15) is 5.84 Å². The van der Waals surface area contributed by atoms with Gasteiger partial charge in [-0.2, -0.15) is 0 Å². The van der Waals surface area contributed by atoms with Gasteiger partial charge in [-0.25, -0.2) is 4.99 Å². The zero-order valence-electron chi connectivity index (χ0n) is 18.0. The molecule has 8 heteroatoms. The molecule has 0 unspecified atom stereocenters. The Hall–Kier alpha value is -4.17. The van der Waals surface area contributed by atoms with E-state index in [0.29, 0.717) is 41.3 Å². The maximum Gasteiger partial charge on any atom is 0.255 e. The van der Waals surface area contributed by atoms with Crippen LogP contribution in [0.5, 0.6) is 0 Å². The number of carbonyl (C=O) groups is 2. The standard InChI is InChI=1S/C25H25N5O3/c26-23(21-6-1-2-7-22(21)24(27)31)28-18-4-3-5-19(16-18)29-25(32)17-8-10-20(11-9-17)30-12-14-33-15-13-30/h1-11,16H,12-15H2,(H2,26,28)(H2,27,31)(H,29,32). The third-order valence-electron chi connectivity index (χ3n) is 5.33. The van der Waals surface area contributed by atoms with Crippen LogP contribution < -0.4 is 21.7 Å². The quantitative estimate of drug-likeness (QED) is 0.399. The molecule has 1 aliphatic rings. The van der Waals surface area contributed by atoms with Crippen molar-refractivity contribution in [3.05, 3.63) is 89.5 Å². The molecule has 1 saturated heterocycles. The van der Waals surface area contributed by atoms with E-state index in [2.05, 4.69) is 15.2 Å². The summed E-state index contributed by atoms with van der Waals surface area (Å²) >= 11 is 0. The van der Waals surface area contributed by atoms with Crippen molar-refractivity contribution in [1.82, 2.24) is 0 Å². The summed E-state index contributed by atoms with van der Waals surface area (Å²) in [4.78, 5) is 31.0. The molecule has 8 nitrogen and oxygen atoms in total. The van der Waals surface area contributed by atoms with Gasteiger partial charge in [0.05, 0.1) is 24.5 Å². The predicted molar refractivity (Wildman–Crippen MR) is 129 cm³/mol. The summed E-state index contributed by atoms with van der Waals surface area (Å²) in [5.41, 5.74) is 15.0. The van der Waals surface area contributed by atoms with Gasteiger partial charge in [-0.1, -0.05) is 24.3 Å². The summed E-state index contributed by atoms with van der Waals surface area (Å²) in [7, 11) is 0. The normalized spacial score (nSPS) is 14.1. The molecule has 0 saturated carbocycles. The Labute approximate surface area is 191 Å². The van der Waals surface area contributed by atoms with E-state index >= 15 is 0 Å². The lowest BCUT2D eigenvalue weighted by Gasteiger charge is -2.28. The van der Waals surface area contributed by atoms with E-state index in [1.165, 1.54) is 0 Å². The van der Waals surface area contributed by atoms with E-state index in [1.54, 1.807) is 60.7 Å². The zero-order chi connectivity index (χ0) is 23.2. The van der Waals surface area contributed by atoms with Crippen molar-refractivity contribution in [3.8, 4) is 0 Å². The first-order chi connectivity index (χ1) is 16.0. The smallest absolute Gasteiger partial charge is 0.255 e. The molecular weight excluding hydrogens is 418 g/mol. The Morgan fingerprint density at radius 3 is 2.27 bits per heavy atom. The van der Waals surface area contributed by atoms with E-state index in [-0.39, 0.29) is 11.7 Å². The minimum absolute atomic E-state index is 0.159. The first-order valence-corrected chi connectivity index (χ1v) is 10.6. The number of nitrogens with one attached hydrogen (secondary N) is 1. The van der Waals surface area contributed by atoms with Gasteiger partial charge in [0.25, 0.3) is 5.91 Å². The highest BCUT2D eigenvalue weighted by molar-refractivity contribution is 6.09. The lowest BCUT2D eigenvalue weighted by Crippen LogP contribution is -2.36. The van der Waals surface area contributed by atoms with Gasteiger partial charge in [-0.3, -0.25) is 9.59 Å². The number of ether oxygens (including phenoxy) is 1. The molecule has 0 atom stereocenters. The maximum absolute atomic E-state index is 12.7. The lowest BCUT2D eigenvalue weighted by atomic mass is 10.1. The largest absolute Gasteiger partial charge is 0.383 e. The molecule has 1 aliphatic heterocycles. The molecule has 0 bridgehead atoms. The molecule has 1 fully saturated rings. The van der Waals surface area contributed by atoms with Crippen LogP contribution >= 0.6 is 0 Å². The summed E-state index contributed by atoms with van der Waals surface area (Å²) in [6.45, 7) is 3.09. The van der Waals surface area contributed by atoms with Crippen LogP contribution in [0.4, 0.5) is 17.1 Å². The van der Waals surface area contributed by atoms with Gasteiger partial charge in [0.2, 0.25) is 5.91 Å². The molecule has 5 N–H and O–H groups in total. The Bertz CT molecular complexity index is 1180. The molecule has 3 aromatic carbocycles. The summed E-state index contributed by atoms with van der Waals surface area (Å²) in [5.74, 6) is -0.646. The molecule has 3 aromatic rings. The zero-order valence-corrected chi connectivity index (χ0v) is 18.0. The van der Waals surface area contributed by atoms with Crippen LogP contribution in [0.25, 0.3) is 0 Å². The highest BCUT2D eigenvalue weighted by Gasteiger charge is 2.13. The summed E-state index contributed by atoms with van der Waals surface area (Å²) in [5, 5.41) is 2.88. The molecule has 33 heavy (non-hydrogen) atoms. The highest BCUT2D eigenvalue weighted by atomic mass is 16.5. The van der Waals surface area contributed by atoms with Crippen LogP contribution in [0.1, 0.15) is 26.3 Å². The first kappa shape index (κ1) is 22.0. The summed E-state index contributed by atoms with van der Waals surface area (Å²) in [6, 6.07) is 21.2. The second-order valence-electron chi connectivity index (χ2n) is 7.56. The van der Waals surface area contributed by atoms with Gasteiger partial charge in [-0.05, 0) is 48.5 Å². The van der Waals surface area contributed by atoms with Crippen LogP contribution in [0.2, 0.25) is 0 Å². The van der Waals surface area contributed by atoms with Gasteiger partial charge in [-0.15, -0.1) is 0 Å². The second kappa shape index (κ2) is 9.97. The van der Waals surface area contributed by atoms with E-state index in [4.69, 9.17) is 16.2 Å². The predicted octanol–water partition coefficient (Wildman–Crippen LogP) is 2.91. The molecule has 0 spiro atoms. The van der Waals surface area contributed by atoms with Crippen molar-refractivity contribution in [1.29, 1.82) is 0 Å². The van der Waals surface area contributed by atoms with E-state index in [0.717, 1.165) is 18.8 Å². The molecule has 0 aromatic heterocycles. The molecule has 4 rings (SSSR count). The van der Waals surface area contributed by atoms with Crippen molar-refractivity contribution in [2.24, 2.45) is 16.5 Å². The number of rotatable bonds is 6. The molecule has 0 radical (unpaired) electrons. The Morgan fingerprint density at radius 2 is 1.58 bits per heavy atom. The topological polar surface area (TPSA) is 123 Å². The number of nitrogens with zero attached hydrogens (tertiary/aromatic N) is 2. The number of primary amides is 1. The number of hydrogen-bond donors (Lipinski definition) is 3. The minimum atomic E-state index is -0.579. The summed E-state index contributed by atoms with van der Waals surface area (Å²) < 4.78 is 5.38. The SMILES string of the molecule is NC(=O)c1ccccc1C(N)=Nc1cccc(NC(=O)c2ccc(N3CCOCC3)cc2)c1. The summed E-state index contributed by atoms with van der Waals surface area (Å²) in [6.07, 6.45) is 0. The number of benzene rings is 3. The monoisotopic (exact) mass is 443 g/mol. The van der Waals surface area contributed by atoms with Crippen molar-refractivity contribution in [2.45, 2.75) is 0 Å². The lowest BCUT2D eigenvalue weighted by molar-refractivity contribution is 0.0997. The average molecular weight is 444 g/mol. The van der Waals surface area contributed by atoms with Crippen molar-refractivity contribution < 1.29 is 14.3 Å². The highest BCUT2D eigenvalue weighted by Crippen LogP contribution is 2.21. The fourth-order valence-corrected chi connectivity index (χ4v) is 3.62. The number of amides is 2. The van der Waals surface area contributed by atoms with Crippen LogP contribution in [-0.2, 0) is 4.74 Å². The Balaban J connectivity index is 1.47. The third-order valence-corrected chi connectivity index (χ3v) is 5.33.